The van der Waals surface area contributed by atoms with Gasteiger partial charge < -0.3 is 4.98 Å². The highest BCUT2D eigenvalue weighted by Crippen LogP contribution is 2.25. The second-order valence-electron chi connectivity index (χ2n) is 4.36. The van der Waals surface area contributed by atoms with Crippen LogP contribution in [0.25, 0.3) is 22.3 Å². The van der Waals surface area contributed by atoms with E-state index in [1.807, 2.05) is 43.3 Å². The predicted molar refractivity (Wildman–Crippen MR) is 85.3 cm³/mol. The highest BCUT2D eigenvalue weighted by Gasteiger charge is 2.10. The summed E-state index contributed by atoms with van der Waals surface area (Å²) in [6.07, 6.45) is 0. The maximum atomic E-state index is 12.1. The quantitative estimate of drug-likeness (QED) is 0.674. The molecule has 3 aromatic rings. The van der Waals surface area contributed by atoms with Crippen LogP contribution < -0.4 is 5.56 Å². The molecule has 0 aliphatic rings. The van der Waals surface area contributed by atoms with E-state index in [-0.39, 0.29) is 5.56 Å². The number of nitrogens with one attached hydrogen (secondary N) is 1. The molecule has 0 atom stereocenters. The van der Waals surface area contributed by atoms with Gasteiger partial charge in [-0.15, -0.1) is 0 Å². The fourth-order valence-corrected chi connectivity index (χ4v) is 3.03. The van der Waals surface area contributed by atoms with Crippen molar-refractivity contribution in [3.8, 4) is 11.4 Å². The highest BCUT2D eigenvalue weighted by molar-refractivity contribution is 14.1. The zero-order chi connectivity index (χ0) is 13.4. The van der Waals surface area contributed by atoms with Gasteiger partial charge in [-0.05, 0) is 53.3 Å². The van der Waals surface area contributed by atoms with Crippen LogP contribution in [-0.2, 0) is 0 Å². The molecule has 0 unspecified atom stereocenters. The van der Waals surface area contributed by atoms with E-state index in [4.69, 9.17) is 0 Å². The van der Waals surface area contributed by atoms with Crippen LogP contribution in [0.4, 0.5) is 0 Å². The predicted octanol–water partition coefficient (Wildman–Crippen LogP) is 3.50. The van der Waals surface area contributed by atoms with Crippen LogP contribution in [0.1, 0.15) is 5.56 Å². The van der Waals surface area contributed by atoms with E-state index in [2.05, 4.69) is 32.6 Å². The molecule has 1 N–H and O–H groups in total. The van der Waals surface area contributed by atoms with Crippen molar-refractivity contribution in [3.63, 3.8) is 0 Å². The Kier molecular flexibility index (Phi) is 3.10. The topological polar surface area (TPSA) is 45.8 Å². The van der Waals surface area contributed by atoms with Crippen molar-refractivity contribution in [3.05, 3.63) is 62.0 Å². The second-order valence-corrected chi connectivity index (χ2v) is 5.53. The fourth-order valence-electron chi connectivity index (χ4n) is 2.14. The second kappa shape index (κ2) is 4.77. The van der Waals surface area contributed by atoms with Crippen LogP contribution in [0.15, 0.2) is 47.3 Å². The Labute approximate surface area is 123 Å². The number of benzene rings is 2. The van der Waals surface area contributed by atoms with Gasteiger partial charge in [0.05, 0.1) is 10.9 Å². The smallest absolute Gasteiger partial charge is 0.259 e. The summed E-state index contributed by atoms with van der Waals surface area (Å²) >= 11 is 2.26. The van der Waals surface area contributed by atoms with Gasteiger partial charge in [0.25, 0.3) is 5.56 Å². The highest BCUT2D eigenvalue weighted by atomic mass is 127. The molecule has 0 radical (unpaired) electrons. The lowest BCUT2D eigenvalue weighted by atomic mass is 10.1. The molecule has 0 aliphatic heterocycles. The first-order valence-corrected chi connectivity index (χ1v) is 6.99. The van der Waals surface area contributed by atoms with Gasteiger partial charge in [-0.25, -0.2) is 4.98 Å². The summed E-state index contributed by atoms with van der Waals surface area (Å²) in [6.45, 7) is 2.02. The maximum absolute atomic E-state index is 12.1. The molecule has 94 valence electrons. The van der Waals surface area contributed by atoms with E-state index >= 15 is 0 Å². The summed E-state index contributed by atoms with van der Waals surface area (Å²) < 4.78 is 1.08. The standard InChI is InChI=1S/C15H11IN2O/c1-9-5-4-7-11(16)13(9)14-17-12-8-3-2-6-10(12)15(19)18-14/h2-8H,1H3,(H,17,18,19). The molecular weight excluding hydrogens is 351 g/mol. The number of hydrogen-bond acceptors (Lipinski definition) is 2. The van der Waals surface area contributed by atoms with Crippen molar-refractivity contribution in [2.75, 3.05) is 0 Å². The average Bonchev–Trinajstić information content (AvgIpc) is 2.38. The van der Waals surface area contributed by atoms with E-state index in [0.717, 1.165) is 20.2 Å². The zero-order valence-electron chi connectivity index (χ0n) is 10.3. The van der Waals surface area contributed by atoms with Crippen LogP contribution in [0.5, 0.6) is 0 Å². The summed E-state index contributed by atoms with van der Waals surface area (Å²) in [7, 11) is 0. The molecule has 19 heavy (non-hydrogen) atoms. The van der Waals surface area contributed by atoms with E-state index in [1.165, 1.54) is 0 Å². The number of fused-ring (bicyclic) bond motifs is 1. The zero-order valence-corrected chi connectivity index (χ0v) is 12.4. The maximum Gasteiger partial charge on any atom is 0.259 e. The van der Waals surface area contributed by atoms with Gasteiger partial charge in [0.15, 0.2) is 0 Å². The van der Waals surface area contributed by atoms with Crippen molar-refractivity contribution in [1.82, 2.24) is 9.97 Å². The van der Waals surface area contributed by atoms with Gasteiger partial charge in [0.2, 0.25) is 0 Å². The summed E-state index contributed by atoms with van der Waals surface area (Å²) in [6, 6.07) is 13.4. The Balaban J connectivity index is 2.35. The molecule has 3 nitrogen and oxygen atoms in total. The van der Waals surface area contributed by atoms with E-state index < -0.39 is 0 Å². The van der Waals surface area contributed by atoms with Crippen molar-refractivity contribution < 1.29 is 0 Å². The third-order valence-corrected chi connectivity index (χ3v) is 3.97. The van der Waals surface area contributed by atoms with Crippen LogP contribution in [0.3, 0.4) is 0 Å². The first-order chi connectivity index (χ1) is 9.16. The number of aromatic nitrogens is 2. The SMILES string of the molecule is Cc1cccc(I)c1-c1nc2ccccc2c(=O)[nH]1. The lowest BCUT2D eigenvalue weighted by Crippen LogP contribution is -2.10. The summed E-state index contributed by atoms with van der Waals surface area (Å²) in [5, 5.41) is 0.620. The Morgan fingerprint density at radius 3 is 2.68 bits per heavy atom. The van der Waals surface area contributed by atoms with Crippen molar-refractivity contribution >= 4 is 33.5 Å². The third-order valence-electron chi connectivity index (χ3n) is 3.07. The number of para-hydroxylation sites is 1. The number of halogens is 1. The molecule has 0 amide bonds. The summed E-state index contributed by atoms with van der Waals surface area (Å²) in [5.41, 5.74) is 2.72. The number of rotatable bonds is 1. The Hall–Kier alpha value is -1.69. The van der Waals surface area contributed by atoms with Crippen LogP contribution in [-0.4, -0.2) is 9.97 Å². The van der Waals surface area contributed by atoms with Crippen LogP contribution in [0, 0.1) is 10.5 Å². The Morgan fingerprint density at radius 1 is 1.11 bits per heavy atom. The lowest BCUT2D eigenvalue weighted by Gasteiger charge is -2.08. The molecule has 1 aromatic heterocycles. The van der Waals surface area contributed by atoms with Gasteiger partial charge in [-0.2, -0.15) is 0 Å². The molecule has 2 aromatic carbocycles. The number of aryl methyl sites for hydroxylation is 1. The number of hydrogen-bond donors (Lipinski definition) is 1. The molecular formula is C15H11IN2O. The molecule has 0 bridgehead atoms. The Bertz CT molecular complexity index is 803. The van der Waals surface area contributed by atoms with Crippen LogP contribution >= 0.6 is 22.6 Å². The molecule has 4 heteroatoms. The first-order valence-electron chi connectivity index (χ1n) is 5.91. The van der Waals surface area contributed by atoms with Gasteiger partial charge in [-0.1, -0.05) is 24.3 Å². The van der Waals surface area contributed by atoms with Crippen molar-refractivity contribution in [1.29, 1.82) is 0 Å². The number of aromatic amines is 1. The van der Waals surface area contributed by atoms with Gasteiger partial charge in [0.1, 0.15) is 5.82 Å². The lowest BCUT2D eigenvalue weighted by molar-refractivity contribution is 1.17. The van der Waals surface area contributed by atoms with E-state index in [1.54, 1.807) is 6.07 Å². The van der Waals surface area contributed by atoms with Crippen molar-refractivity contribution in [2.45, 2.75) is 6.92 Å². The molecule has 0 saturated heterocycles. The number of nitrogens with zero attached hydrogens (tertiary/aromatic N) is 1. The minimum atomic E-state index is -0.0975. The summed E-state index contributed by atoms with van der Waals surface area (Å²) in [5.74, 6) is 0.631. The van der Waals surface area contributed by atoms with Gasteiger partial charge in [-0.3, -0.25) is 4.79 Å². The monoisotopic (exact) mass is 362 g/mol. The number of H-pyrrole nitrogens is 1. The largest absolute Gasteiger partial charge is 0.306 e. The molecule has 0 aliphatic carbocycles. The van der Waals surface area contributed by atoms with Crippen LogP contribution in [0.2, 0.25) is 0 Å². The van der Waals surface area contributed by atoms with E-state index in [9.17, 15) is 4.79 Å². The van der Waals surface area contributed by atoms with Crippen molar-refractivity contribution in [2.24, 2.45) is 0 Å². The summed E-state index contributed by atoms with van der Waals surface area (Å²) in [4.78, 5) is 19.5. The average molecular weight is 362 g/mol. The van der Waals surface area contributed by atoms with Gasteiger partial charge >= 0.3 is 0 Å². The minimum absolute atomic E-state index is 0.0975. The first kappa shape index (κ1) is 12.3. The molecule has 1 heterocycles. The normalized spacial score (nSPS) is 10.8. The molecule has 0 spiro atoms. The minimum Gasteiger partial charge on any atom is -0.306 e. The third kappa shape index (κ3) is 2.16. The fraction of sp³-hybridized carbons (Fsp3) is 0.0667. The molecule has 0 saturated carbocycles. The molecule has 0 fully saturated rings. The van der Waals surface area contributed by atoms with Gasteiger partial charge in [0, 0.05) is 9.13 Å². The Morgan fingerprint density at radius 2 is 1.89 bits per heavy atom. The molecule has 3 rings (SSSR count). The van der Waals surface area contributed by atoms with E-state index in [0.29, 0.717) is 11.2 Å².